The van der Waals surface area contributed by atoms with E-state index >= 15 is 0 Å². The predicted molar refractivity (Wildman–Crippen MR) is 132 cm³/mol. The topological polar surface area (TPSA) is 73.9 Å². The molecule has 0 unspecified atom stereocenters. The molecule has 2 aromatic carbocycles. The maximum absolute atomic E-state index is 12.8. The Bertz CT molecular complexity index is 1060. The molecule has 8 heteroatoms. The smallest absolute Gasteiger partial charge is 0.257 e. The summed E-state index contributed by atoms with van der Waals surface area (Å²) in [5.74, 6) is 0.317. The Morgan fingerprint density at radius 3 is 2.36 bits per heavy atom. The summed E-state index contributed by atoms with van der Waals surface area (Å²) < 4.78 is 5.15. The minimum Gasteiger partial charge on any atom is -0.497 e. The lowest BCUT2D eigenvalue weighted by Gasteiger charge is -2.34. The highest BCUT2D eigenvalue weighted by Crippen LogP contribution is 2.20. The van der Waals surface area contributed by atoms with Crippen molar-refractivity contribution in [1.29, 1.82) is 0 Å². The molecule has 0 spiro atoms. The number of thiophene rings is 1. The molecule has 1 fully saturated rings. The molecular formula is C25H28N4O3S. The van der Waals surface area contributed by atoms with E-state index < -0.39 is 0 Å². The van der Waals surface area contributed by atoms with Crippen LogP contribution < -0.4 is 15.4 Å². The van der Waals surface area contributed by atoms with E-state index in [0.717, 1.165) is 32.7 Å². The molecule has 1 aliphatic heterocycles. The van der Waals surface area contributed by atoms with Gasteiger partial charge in [-0.05, 0) is 58.8 Å². The van der Waals surface area contributed by atoms with Gasteiger partial charge in [0.25, 0.3) is 5.91 Å². The number of anilines is 2. The maximum atomic E-state index is 12.8. The van der Waals surface area contributed by atoms with Crippen molar-refractivity contribution in [2.45, 2.75) is 6.54 Å². The molecule has 2 amide bonds. The van der Waals surface area contributed by atoms with Crippen LogP contribution >= 0.6 is 11.3 Å². The van der Waals surface area contributed by atoms with Gasteiger partial charge in [-0.3, -0.25) is 19.4 Å². The molecule has 1 saturated heterocycles. The van der Waals surface area contributed by atoms with Crippen molar-refractivity contribution >= 4 is 34.5 Å². The van der Waals surface area contributed by atoms with E-state index in [9.17, 15) is 9.59 Å². The van der Waals surface area contributed by atoms with Crippen molar-refractivity contribution in [3.63, 3.8) is 0 Å². The van der Waals surface area contributed by atoms with E-state index in [4.69, 9.17) is 4.74 Å². The van der Waals surface area contributed by atoms with E-state index in [0.29, 0.717) is 29.2 Å². The Kier molecular flexibility index (Phi) is 7.72. The minimum absolute atomic E-state index is 0.119. The monoisotopic (exact) mass is 464 g/mol. The quantitative estimate of drug-likeness (QED) is 0.531. The number of ether oxygens (including phenoxy) is 1. The molecule has 4 rings (SSSR count). The van der Waals surface area contributed by atoms with Crippen molar-refractivity contribution in [2.75, 3.05) is 50.5 Å². The number of carbonyl (C=O) groups excluding carboxylic acids is 2. The summed E-state index contributed by atoms with van der Waals surface area (Å²) in [6, 6.07) is 16.3. The fraction of sp³-hybridized carbons (Fsp3) is 0.280. The predicted octanol–water partition coefficient (Wildman–Crippen LogP) is 3.77. The van der Waals surface area contributed by atoms with Crippen LogP contribution in [0.2, 0.25) is 0 Å². The summed E-state index contributed by atoms with van der Waals surface area (Å²) in [7, 11) is 1.59. The van der Waals surface area contributed by atoms with Gasteiger partial charge in [0.15, 0.2) is 0 Å². The van der Waals surface area contributed by atoms with Gasteiger partial charge in [0.1, 0.15) is 5.75 Å². The molecule has 33 heavy (non-hydrogen) atoms. The first-order chi connectivity index (χ1) is 16.1. The van der Waals surface area contributed by atoms with Crippen LogP contribution in [0.3, 0.4) is 0 Å². The molecule has 172 valence electrons. The van der Waals surface area contributed by atoms with Gasteiger partial charge in [0.05, 0.1) is 24.9 Å². The Morgan fingerprint density at radius 2 is 1.67 bits per heavy atom. The highest BCUT2D eigenvalue weighted by molar-refractivity contribution is 7.07. The summed E-state index contributed by atoms with van der Waals surface area (Å²) in [6.45, 7) is 4.82. The normalized spacial score (nSPS) is 14.6. The van der Waals surface area contributed by atoms with Gasteiger partial charge in [-0.25, -0.2) is 0 Å². The number of amides is 2. The molecule has 0 atom stereocenters. The number of carbonyl (C=O) groups is 2. The second-order valence-corrected chi connectivity index (χ2v) is 8.74. The molecule has 0 saturated carbocycles. The summed E-state index contributed by atoms with van der Waals surface area (Å²) in [5.41, 5.74) is 2.92. The standard InChI is InChI=1S/C25H28N4O3S/c1-32-21-8-6-20(7-9-21)26-25(31)22-4-2-3-5-23(22)27-24(30)17-29-13-11-28(12-14-29)16-19-10-15-33-18-19/h2-10,15,18H,11-14,16-17H2,1H3,(H,26,31)(H,27,30). The lowest BCUT2D eigenvalue weighted by molar-refractivity contribution is -0.117. The number of nitrogens with one attached hydrogen (secondary N) is 2. The van der Waals surface area contributed by atoms with E-state index in [-0.39, 0.29) is 11.8 Å². The van der Waals surface area contributed by atoms with E-state index in [1.54, 1.807) is 60.9 Å². The Labute approximate surface area is 198 Å². The number of nitrogens with zero attached hydrogens (tertiary/aromatic N) is 2. The lowest BCUT2D eigenvalue weighted by Crippen LogP contribution is -2.48. The maximum Gasteiger partial charge on any atom is 0.257 e. The fourth-order valence-electron chi connectivity index (χ4n) is 3.80. The van der Waals surface area contributed by atoms with Crippen LogP contribution in [0.1, 0.15) is 15.9 Å². The van der Waals surface area contributed by atoms with Crippen molar-refractivity contribution in [2.24, 2.45) is 0 Å². The number of para-hydroxylation sites is 1. The van der Waals surface area contributed by atoms with Gasteiger partial charge in [-0.15, -0.1) is 0 Å². The van der Waals surface area contributed by atoms with Gasteiger partial charge in [-0.2, -0.15) is 11.3 Å². The van der Waals surface area contributed by atoms with Crippen LogP contribution in [0.25, 0.3) is 0 Å². The van der Waals surface area contributed by atoms with Gasteiger partial charge in [0, 0.05) is 38.4 Å². The third-order valence-electron chi connectivity index (χ3n) is 5.61. The third kappa shape index (κ3) is 6.41. The van der Waals surface area contributed by atoms with Crippen molar-refractivity contribution in [3.05, 3.63) is 76.5 Å². The summed E-state index contributed by atoms with van der Waals surface area (Å²) in [6.07, 6.45) is 0. The summed E-state index contributed by atoms with van der Waals surface area (Å²) in [4.78, 5) is 30.1. The largest absolute Gasteiger partial charge is 0.497 e. The molecule has 2 heterocycles. The van der Waals surface area contributed by atoms with Crippen LogP contribution in [-0.2, 0) is 11.3 Å². The zero-order chi connectivity index (χ0) is 23.0. The zero-order valence-electron chi connectivity index (χ0n) is 18.6. The number of benzene rings is 2. The summed E-state index contributed by atoms with van der Waals surface area (Å²) in [5, 5.41) is 10.1. The van der Waals surface area contributed by atoms with E-state index in [1.807, 2.05) is 6.07 Å². The van der Waals surface area contributed by atoms with Gasteiger partial charge in [-0.1, -0.05) is 12.1 Å². The molecule has 1 aromatic heterocycles. The number of hydrogen-bond acceptors (Lipinski definition) is 6. The van der Waals surface area contributed by atoms with Crippen LogP contribution in [0.4, 0.5) is 11.4 Å². The minimum atomic E-state index is -0.280. The number of hydrogen-bond donors (Lipinski definition) is 2. The van der Waals surface area contributed by atoms with Crippen molar-refractivity contribution in [1.82, 2.24) is 9.80 Å². The van der Waals surface area contributed by atoms with Crippen molar-refractivity contribution < 1.29 is 14.3 Å². The SMILES string of the molecule is COc1ccc(NC(=O)c2ccccc2NC(=O)CN2CCN(Cc3ccsc3)CC2)cc1. The first-order valence-electron chi connectivity index (χ1n) is 10.9. The number of rotatable bonds is 8. The van der Waals surface area contributed by atoms with Crippen LogP contribution in [0, 0.1) is 0 Å². The molecule has 7 nitrogen and oxygen atoms in total. The van der Waals surface area contributed by atoms with E-state index in [1.165, 1.54) is 5.56 Å². The average molecular weight is 465 g/mol. The van der Waals surface area contributed by atoms with Crippen LogP contribution in [-0.4, -0.2) is 61.4 Å². The molecule has 3 aromatic rings. The molecule has 0 radical (unpaired) electrons. The first-order valence-corrected chi connectivity index (χ1v) is 11.8. The third-order valence-corrected chi connectivity index (χ3v) is 6.34. The fourth-order valence-corrected chi connectivity index (χ4v) is 4.46. The first kappa shape index (κ1) is 23.0. The Hall–Kier alpha value is -3.20. The zero-order valence-corrected chi connectivity index (χ0v) is 19.4. The van der Waals surface area contributed by atoms with Gasteiger partial charge < -0.3 is 15.4 Å². The van der Waals surface area contributed by atoms with E-state index in [2.05, 4.69) is 37.3 Å². The Balaban J connectivity index is 1.30. The average Bonchev–Trinajstić information content (AvgIpc) is 3.34. The number of piperazine rings is 1. The second kappa shape index (κ2) is 11.1. The van der Waals surface area contributed by atoms with Crippen LogP contribution in [0.5, 0.6) is 5.75 Å². The van der Waals surface area contributed by atoms with Gasteiger partial charge >= 0.3 is 0 Å². The molecule has 0 aliphatic carbocycles. The molecule has 2 N–H and O–H groups in total. The van der Waals surface area contributed by atoms with Crippen LogP contribution in [0.15, 0.2) is 65.4 Å². The second-order valence-electron chi connectivity index (χ2n) is 7.96. The number of methoxy groups -OCH3 is 1. The lowest BCUT2D eigenvalue weighted by atomic mass is 10.1. The molecule has 1 aliphatic rings. The highest BCUT2D eigenvalue weighted by Gasteiger charge is 2.20. The van der Waals surface area contributed by atoms with Crippen molar-refractivity contribution in [3.8, 4) is 5.75 Å². The highest BCUT2D eigenvalue weighted by atomic mass is 32.1. The Morgan fingerprint density at radius 1 is 0.939 bits per heavy atom. The van der Waals surface area contributed by atoms with Gasteiger partial charge in [0.2, 0.25) is 5.91 Å². The molecular weight excluding hydrogens is 436 g/mol. The molecule has 0 bridgehead atoms. The summed E-state index contributed by atoms with van der Waals surface area (Å²) >= 11 is 1.72.